The smallest absolute Gasteiger partial charge is 0.350 e. The van der Waals surface area contributed by atoms with E-state index in [-0.39, 0.29) is 24.5 Å². The van der Waals surface area contributed by atoms with Gasteiger partial charge in [0.1, 0.15) is 5.82 Å². The van der Waals surface area contributed by atoms with Crippen molar-refractivity contribution in [3.05, 3.63) is 48.3 Å². The van der Waals surface area contributed by atoms with Gasteiger partial charge in [-0.05, 0) is 57.0 Å². The van der Waals surface area contributed by atoms with Crippen LogP contribution in [0.25, 0.3) is 22.3 Å². The SMILES string of the molecule is C[C@@H]1CN(c2cccc(-c3ccc4cnc(CC(=O)N[C@@H]5CC[C@H]5NS(=O)(=O)C(F)F)cc4n3)n2)C[C@H](C)O1. The second-order valence-electron chi connectivity index (χ2n) is 10.1. The van der Waals surface area contributed by atoms with E-state index in [1.165, 1.54) is 0 Å². The predicted octanol–water partition coefficient (Wildman–Crippen LogP) is 2.64. The Labute approximate surface area is 225 Å². The van der Waals surface area contributed by atoms with Gasteiger partial charge in [-0.3, -0.25) is 9.78 Å². The Morgan fingerprint density at radius 1 is 1.08 bits per heavy atom. The zero-order valence-corrected chi connectivity index (χ0v) is 22.4. The molecule has 10 nitrogen and oxygen atoms in total. The summed E-state index contributed by atoms with van der Waals surface area (Å²) in [5, 5.41) is 3.51. The number of rotatable bonds is 8. The van der Waals surface area contributed by atoms with Crippen molar-refractivity contribution in [1.82, 2.24) is 25.0 Å². The molecule has 1 aliphatic heterocycles. The number of halogens is 2. The third-order valence-electron chi connectivity index (χ3n) is 6.88. The van der Waals surface area contributed by atoms with Crippen molar-refractivity contribution in [2.24, 2.45) is 0 Å². The molecule has 4 heterocycles. The van der Waals surface area contributed by atoms with Gasteiger partial charge in [0, 0.05) is 36.8 Å². The number of carbonyl (C=O) groups is 1. The Bertz CT molecular complexity index is 1460. The molecular formula is C26H30F2N6O4S. The predicted molar refractivity (Wildman–Crippen MR) is 142 cm³/mol. The van der Waals surface area contributed by atoms with Crippen molar-refractivity contribution in [2.75, 3.05) is 18.0 Å². The number of morpholine rings is 1. The van der Waals surface area contributed by atoms with Gasteiger partial charge in [-0.1, -0.05) is 6.07 Å². The van der Waals surface area contributed by atoms with Crippen LogP contribution >= 0.6 is 0 Å². The lowest BCUT2D eigenvalue weighted by atomic mass is 9.87. The molecule has 4 atom stereocenters. The van der Waals surface area contributed by atoms with Gasteiger partial charge in [0.15, 0.2) is 0 Å². The van der Waals surface area contributed by atoms with Gasteiger partial charge in [0.25, 0.3) is 10.0 Å². The largest absolute Gasteiger partial charge is 0.372 e. The summed E-state index contributed by atoms with van der Waals surface area (Å²) in [6, 6.07) is 10.0. The van der Waals surface area contributed by atoms with E-state index in [0.717, 1.165) is 30.0 Å². The third kappa shape index (κ3) is 6.31. The minimum Gasteiger partial charge on any atom is -0.372 e. The maximum absolute atomic E-state index is 12.6. The van der Waals surface area contributed by atoms with E-state index in [0.29, 0.717) is 29.7 Å². The van der Waals surface area contributed by atoms with Gasteiger partial charge >= 0.3 is 5.76 Å². The molecule has 0 unspecified atom stereocenters. The molecule has 5 rings (SSSR count). The van der Waals surface area contributed by atoms with Crippen LogP contribution in [0, 0.1) is 0 Å². The molecule has 3 aromatic heterocycles. The summed E-state index contributed by atoms with van der Waals surface area (Å²) in [7, 11) is -4.72. The summed E-state index contributed by atoms with van der Waals surface area (Å²) in [5.41, 5.74) is 2.53. The second kappa shape index (κ2) is 11.1. The van der Waals surface area contributed by atoms with Crippen LogP contribution in [0.3, 0.4) is 0 Å². The van der Waals surface area contributed by atoms with Crippen LogP contribution in [0.15, 0.2) is 42.6 Å². The molecular weight excluding hydrogens is 530 g/mol. The number of aromatic nitrogens is 3. The monoisotopic (exact) mass is 560 g/mol. The molecule has 0 aromatic carbocycles. The van der Waals surface area contributed by atoms with E-state index in [4.69, 9.17) is 14.7 Å². The number of fused-ring (bicyclic) bond motifs is 1. The molecule has 3 aromatic rings. The normalized spacial score (nSPS) is 23.6. The third-order valence-corrected chi connectivity index (χ3v) is 7.98. The van der Waals surface area contributed by atoms with Crippen LogP contribution in [-0.2, 0) is 26.0 Å². The first-order valence-corrected chi connectivity index (χ1v) is 14.3. The fraction of sp³-hybridized carbons (Fsp3) is 0.462. The van der Waals surface area contributed by atoms with Crippen molar-refractivity contribution in [3.63, 3.8) is 0 Å². The number of anilines is 1. The number of sulfonamides is 1. The molecule has 2 N–H and O–H groups in total. The molecule has 1 saturated carbocycles. The number of nitrogens with one attached hydrogen (secondary N) is 2. The molecule has 39 heavy (non-hydrogen) atoms. The van der Waals surface area contributed by atoms with Crippen LogP contribution in [0.1, 0.15) is 32.4 Å². The first kappa shape index (κ1) is 27.3. The number of carbonyl (C=O) groups excluding carboxylic acids is 1. The maximum atomic E-state index is 12.6. The fourth-order valence-corrected chi connectivity index (χ4v) is 5.71. The maximum Gasteiger partial charge on any atom is 0.350 e. The topological polar surface area (TPSA) is 126 Å². The van der Waals surface area contributed by atoms with Crippen LogP contribution in [0.2, 0.25) is 0 Å². The number of pyridine rings is 3. The van der Waals surface area contributed by atoms with Crippen LogP contribution in [0.5, 0.6) is 0 Å². The molecule has 1 amide bonds. The van der Waals surface area contributed by atoms with Crippen LogP contribution in [-0.4, -0.2) is 72.4 Å². The molecule has 2 aliphatic rings. The number of nitrogens with zero attached hydrogens (tertiary/aromatic N) is 4. The first-order valence-electron chi connectivity index (χ1n) is 12.8. The molecule has 208 valence electrons. The summed E-state index contributed by atoms with van der Waals surface area (Å²) >= 11 is 0. The average Bonchev–Trinajstić information content (AvgIpc) is 2.89. The van der Waals surface area contributed by atoms with Gasteiger partial charge in [-0.25, -0.2) is 23.1 Å². The summed E-state index contributed by atoms with van der Waals surface area (Å²) in [6.07, 6.45) is 2.66. The van der Waals surface area contributed by atoms with Gasteiger partial charge in [-0.2, -0.15) is 8.78 Å². The Hall–Kier alpha value is -3.29. The van der Waals surface area contributed by atoms with Gasteiger partial charge < -0.3 is 15.0 Å². The molecule has 1 aliphatic carbocycles. The number of ether oxygens (including phenoxy) is 1. The fourth-order valence-electron chi connectivity index (χ4n) is 4.90. The van der Waals surface area contributed by atoms with Crippen molar-refractivity contribution >= 4 is 32.7 Å². The van der Waals surface area contributed by atoms with Crippen molar-refractivity contribution < 1.29 is 26.7 Å². The minimum absolute atomic E-state index is 0.0617. The lowest BCUT2D eigenvalue weighted by Crippen LogP contribution is -2.58. The first-order chi connectivity index (χ1) is 18.6. The molecule has 0 spiro atoms. The highest BCUT2D eigenvalue weighted by Gasteiger charge is 2.37. The summed E-state index contributed by atoms with van der Waals surface area (Å²) in [5.74, 6) is -3.04. The van der Waals surface area contributed by atoms with Gasteiger partial charge in [0.05, 0.1) is 41.2 Å². The molecule has 1 saturated heterocycles. The lowest BCUT2D eigenvalue weighted by molar-refractivity contribution is -0.122. The second-order valence-corrected chi connectivity index (χ2v) is 11.7. The Morgan fingerprint density at radius 3 is 2.49 bits per heavy atom. The van der Waals surface area contributed by atoms with E-state index >= 15 is 0 Å². The quantitative estimate of drug-likeness (QED) is 0.431. The van der Waals surface area contributed by atoms with Crippen molar-refractivity contribution in [2.45, 2.75) is 63.2 Å². The van der Waals surface area contributed by atoms with Crippen molar-refractivity contribution in [1.29, 1.82) is 0 Å². The zero-order valence-electron chi connectivity index (χ0n) is 21.5. The number of amides is 1. The number of hydrogen-bond acceptors (Lipinski definition) is 8. The highest BCUT2D eigenvalue weighted by molar-refractivity contribution is 7.89. The Morgan fingerprint density at radius 2 is 1.79 bits per heavy atom. The van der Waals surface area contributed by atoms with E-state index in [1.807, 2.05) is 48.9 Å². The summed E-state index contributed by atoms with van der Waals surface area (Å²) in [6.45, 7) is 5.59. The van der Waals surface area contributed by atoms with E-state index < -0.39 is 27.9 Å². The van der Waals surface area contributed by atoms with E-state index in [1.54, 1.807) is 12.3 Å². The molecule has 0 radical (unpaired) electrons. The highest BCUT2D eigenvalue weighted by atomic mass is 32.2. The number of alkyl halides is 2. The summed E-state index contributed by atoms with van der Waals surface area (Å²) in [4.78, 5) is 28.7. The Balaban J connectivity index is 1.27. The average molecular weight is 561 g/mol. The van der Waals surface area contributed by atoms with Crippen LogP contribution in [0.4, 0.5) is 14.6 Å². The van der Waals surface area contributed by atoms with E-state index in [2.05, 4.69) is 15.2 Å². The van der Waals surface area contributed by atoms with Crippen LogP contribution < -0.4 is 14.9 Å². The van der Waals surface area contributed by atoms with E-state index in [9.17, 15) is 22.0 Å². The standard InChI is InChI=1S/C26H30F2N6O4S/c1-15-13-34(14-16(2)38-15)24-5-3-4-19(31-24)20-7-6-17-12-29-18(10-23(17)30-20)11-25(35)32-21-8-9-22(21)33-39(36,37)26(27)28/h3-7,10,12,15-16,21-22,26,33H,8-9,11,13-14H2,1-2H3,(H,32,35)/t15-,16+,21-,22-/m1/s1. The molecule has 0 bridgehead atoms. The van der Waals surface area contributed by atoms with Gasteiger partial charge in [0.2, 0.25) is 5.91 Å². The highest BCUT2D eigenvalue weighted by Crippen LogP contribution is 2.25. The minimum atomic E-state index is -4.72. The molecule has 2 fully saturated rings. The summed E-state index contributed by atoms with van der Waals surface area (Å²) < 4.78 is 55.9. The zero-order chi connectivity index (χ0) is 27.7. The lowest BCUT2D eigenvalue weighted by Gasteiger charge is -2.37. The molecule has 13 heteroatoms. The van der Waals surface area contributed by atoms with Crippen molar-refractivity contribution in [3.8, 4) is 11.4 Å². The van der Waals surface area contributed by atoms with Gasteiger partial charge in [-0.15, -0.1) is 0 Å². The number of hydrogen-bond donors (Lipinski definition) is 2. The Kier molecular flexibility index (Phi) is 7.74.